The van der Waals surface area contributed by atoms with E-state index in [1.807, 2.05) is 37.4 Å². The highest BCUT2D eigenvalue weighted by Gasteiger charge is 2.58. The van der Waals surface area contributed by atoms with Crippen molar-refractivity contribution in [1.82, 2.24) is 20.1 Å². The van der Waals surface area contributed by atoms with E-state index in [-0.39, 0.29) is 22.6 Å². The largest absolute Gasteiger partial charge is 0.463 e. The van der Waals surface area contributed by atoms with E-state index in [9.17, 15) is 9.59 Å². The molecule has 4 aliphatic rings. The van der Waals surface area contributed by atoms with E-state index in [2.05, 4.69) is 15.4 Å². The molecule has 4 bridgehead atoms. The van der Waals surface area contributed by atoms with E-state index in [0.717, 1.165) is 37.8 Å². The number of rotatable bonds is 6. The molecule has 3 heterocycles. The fourth-order valence-electron chi connectivity index (χ4n) is 7.30. The Morgan fingerprint density at radius 1 is 1.12 bits per heavy atom. The summed E-state index contributed by atoms with van der Waals surface area (Å²) in [6.45, 7) is 0. The summed E-state index contributed by atoms with van der Waals surface area (Å²) in [4.78, 5) is 30.6. The lowest BCUT2D eigenvalue weighted by Gasteiger charge is -2.62. The summed E-state index contributed by atoms with van der Waals surface area (Å²) < 4.78 is 7.21. The van der Waals surface area contributed by atoms with Crippen LogP contribution in [-0.4, -0.2) is 32.0 Å². The van der Waals surface area contributed by atoms with Crippen molar-refractivity contribution in [3.8, 4) is 11.5 Å². The van der Waals surface area contributed by atoms with Gasteiger partial charge in [0.25, 0.3) is 5.91 Å². The second-order valence-corrected chi connectivity index (χ2v) is 10.5. The molecule has 2 unspecified atom stereocenters. The Kier molecular flexibility index (Phi) is 4.57. The maximum absolute atomic E-state index is 13.4. The normalized spacial score (nSPS) is 29.8. The topological polar surface area (TPSA) is 90.0 Å². The Labute approximate surface area is 192 Å². The fraction of sp³-hybridized carbons (Fsp3) is 0.462. The lowest BCUT2D eigenvalue weighted by Crippen LogP contribution is -2.63. The minimum absolute atomic E-state index is 0.0685. The molecule has 170 valence electrons. The van der Waals surface area contributed by atoms with Crippen LogP contribution in [-0.2, 0) is 7.05 Å². The SMILES string of the molecule is Cn1nc(C(=O)CC23CC4CC(C2)CC(NC(=O)c2ccccn2)(C4)C3)cc1-c1ccco1. The van der Waals surface area contributed by atoms with Gasteiger partial charge in [0.1, 0.15) is 17.1 Å². The first-order valence-electron chi connectivity index (χ1n) is 11.8. The van der Waals surface area contributed by atoms with Gasteiger partial charge in [0.2, 0.25) is 0 Å². The van der Waals surface area contributed by atoms with Crippen molar-refractivity contribution in [2.75, 3.05) is 0 Å². The quantitative estimate of drug-likeness (QED) is 0.569. The van der Waals surface area contributed by atoms with Crippen molar-refractivity contribution in [2.24, 2.45) is 24.3 Å². The standard InChI is InChI=1S/C26H28N4O3/c1-30-21(23-6-4-8-33-23)10-20(29-30)22(31)15-25-11-17-9-18(12-25)14-26(13-17,16-25)28-24(32)19-5-2-3-7-27-19/h2-8,10,17-18H,9,11-16H2,1H3,(H,28,32). The number of Topliss-reactive ketones (excluding diaryl/α,β-unsaturated/α-hetero) is 1. The van der Waals surface area contributed by atoms with Crippen molar-refractivity contribution in [1.29, 1.82) is 0 Å². The minimum Gasteiger partial charge on any atom is -0.463 e. The first-order valence-corrected chi connectivity index (χ1v) is 11.8. The van der Waals surface area contributed by atoms with E-state index >= 15 is 0 Å². The van der Waals surface area contributed by atoms with Crippen LogP contribution in [0.5, 0.6) is 0 Å². The molecule has 33 heavy (non-hydrogen) atoms. The zero-order chi connectivity index (χ0) is 22.6. The van der Waals surface area contributed by atoms with Crippen molar-refractivity contribution in [2.45, 2.75) is 50.5 Å². The number of furan rings is 1. The number of pyridine rings is 1. The predicted octanol–water partition coefficient (Wildman–Crippen LogP) is 4.42. The van der Waals surface area contributed by atoms with Crippen molar-refractivity contribution >= 4 is 11.7 Å². The Morgan fingerprint density at radius 2 is 1.94 bits per heavy atom. The summed E-state index contributed by atoms with van der Waals surface area (Å²) in [5.41, 5.74) is 1.44. The number of carbonyl (C=O) groups is 2. The molecule has 0 saturated heterocycles. The number of nitrogens with one attached hydrogen (secondary N) is 1. The highest BCUT2D eigenvalue weighted by atomic mass is 16.3. The van der Waals surface area contributed by atoms with E-state index < -0.39 is 0 Å². The van der Waals surface area contributed by atoms with Crippen LogP contribution in [0.4, 0.5) is 0 Å². The maximum Gasteiger partial charge on any atom is 0.270 e. The maximum atomic E-state index is 13.4. The van der Waals surface area contributed by atoms with Gasteiger partial charge in [-0.3, -0.25) is 19.3 Å². The van der Waals surface area contributed by atoms with Crippen LogP contribution in [0.25, 0.3) is 11.5 Å². The van der Waals surface area contributed by atoms with Gasteiger partial charge < -0.3 is 9.73 Å². The summed E-state index contributed by atoms with van der Waals surface area (Å²) in [5.74, 6) is 1.80. The second-order valence-electron chi connectivity index (χ2n) is 10.5. The summed E-state index contributed by atoms with van der Waals surface area (Å²) in [7, 11) is 1.83. The third-order valence-corrected chi connectivity index (χ3v) is 7.93. The van der Waals surface area contributed by atoms with Crippen molar-refractivity contribution in [3.05, 3.63) is 60.2 Å². The first kappa shape index (κ1) is 20.4. The third kappa shape index (κ3) is 3.59. The van der Waals surface area contributed by atoms with Crippen LogP contribution in [0, 0.1) is 17.3 Å². The number of carbonyl (C=O) groups excluding carboxylic acids is 2. The highest BCUT2D eigenvalue weighted by Crippen LogP contribution is 2.63. The lowest BCUT2D eigenvalue weighted by atomic mass is 9.46. The average molecular weight is 445 g/mol. The molecule has 4 saturated carbocycles. The molecule has 3 aromatic rings. The van der Waals surface area contributed by atoms with Gasteiger partial charge in [-0.1, -0.05) is 6.07 Å². The number of nitrogens with zero attached hydrogens (tertiary/aromatic N) is 3. The molecule has 0 radical (unpaired) electrons. The molecular weight excluding hydrogens is 416 g/mol. The Hall–Kier alpha value is -3.22. The van der Waals surface area contributed by atoms with Crippen LogP contribution in [0.2, 0.25) is 0 Å². The van der Waals surface area contributed by atoms with Gasteiger partial charge in [-0.2, -0.15) is 5.10 Å². The Bertz CT molecular complexity index is 1180. The van der Waals surface area contributed by atoms with Crippen LogP contribution >= 0.6 is 0 Å². The lowest BCUT2D eigenvalue weighted by molar-refractivity contribution is -0.0771. The zero-order valence-corrected chi connectivity index (χ0v) is 18.8. The smallest absolute Gasteiger partial charge is 0.270 e. The number of amides is 1. The monoisotopic (exact) mass is 444 g/mol. The van der Waals surface area contributed by atoms with Crippen molar-refractivity contribution in [3.63, 3.8) is 0 Å². The molecule has 2 atom stereocenters. The minimum atomic E-state index is -0.234. The molecule has 4 aliphatic carbocycles. The molecular formula is C26H28N4O3. The molecule has 1 N–H and O–H groups in total. The van der Waals surface area contributed by atoms with Crippen LogP contribution in [0.1, 0.15) is 65.9 Å². The van der Waals surface area contributed by atoms with Gasteiger partial charge in [0.05, 0.1) is 6.26 Å². The number of ketones is 1. The summed E-state index contributed by atoms with van der Waals surface area (Å²) >= 11 is 0. The summed E-state index contributed by atoms with van der Waals surface area (Å²) in [6.07, 6.45) is 9.96. The van der Waals surface area contributed by atoms with Crippen molar-refractivity contribution < 1.29 is 14.0 Å². The van der Waals surface area contributed by atoms with Gasteiger partial charge in [0.15, 0.2) is 11.5 Å². The number of hydrogen-bond acceptors (Lipinski definition) is 5. The van der Waals surface area contributed by atoms with Gasteiger partial charge in [-0.15, -0.1) is 0 Å². The molecule has 7 rings (SSSR count). The van der Waals surface area contributed by atoms with Gasteiger partial charge in [-0.05, 0) is 86.1 Å². The molecule has 0 aromatic carbocycles. The molecule has 3 aromatic heterocycles. The third-order valence-electron chi connectivity index (χ3n) is 7.93. The molecule has 7 nitrogen and oxygen atoms in total. The van der Waals surface area contributed by atoms with Crippen LogP contribution < -0.4 is 5.32 Å². The van der Waals surface area contributed by atoms with Gasteiger partial charge >= 0.3 is 0 Å². The number of aromatic nitrogens is 3. The highest BCUT2D eigenvalue weighted by molar-refractivity contribution is 5.96. The Morgan fingerprint density at radius 3 is 2.64 bits per heavy atom. The van der Waals surface area contributed by atoms with Crippen LogP contribution in [0.3, 0.4) is 0 Å². The average Bonchev–Trinajstić information content (AvgIpc) is 3.42. The van der Waals surface area contributed by atoms with E-state index in [1.54, 1.807) is 23.2 Å². The van der Waals surface area contributed by atoms with E-state index in [1.165, 1.54) is 6.42 Å². The molecule has 0 spiro atoms. The number of hydrogen-bond donors (Lipinski definition) is 1. The van der Waals surface area contributed by atoms with Gasteiger partial charge in [0, 0.05) is 25.2 Å². The predicted molar refractivity (Wildman–Crippen MR) is 121 cm³/mol. The Balaban J connectivity index is 1.23. The van der Waals surface area contributed by atoms with Crippen LogP contribution in [0.15, 0.2) is 53.3 Å². The molecule has 1 amide bonds. The van der Waals surface area contributed by atoms with E-state index in [0.29, 0.717) is 35.4 Å². The zero-order valence-electron chi connectivity index (χ0n) is 18.8. The molecule has 0 aliphatic heterocycles. The molecule has 4 fully saturated rings. The summed E-state index contributed by atoms with van der Waals surface area (Å²) in [5, 5.41) is 7.86. The fourth-order valence-corrected chi connectivity index (χ4v) is 7.30. The number of aryl methyl sites for hydroxylation is 1. The van der Waals surface area contributed by atoms with Gasteiger partial charge in [-0.25, -0.2) is 0 Å². The summed E-state index contributed by atoms with van der Waals surface area (Å²) in [6, 6.07) is 11.0. The second kappa shape index (κ2) is 7.40. The molecule has 7 heteroatoms. The first-order chi connectivity index (χ1) is 15.9. The van der Waals surface area contributed by atoms with E-state index in [4.69, 9.17) is 4.42 Å².